The number of para-hydroxylation sites is 1. The molecule has 0 atom stereocenters. The topological polar surface area (TPSA) is 72.7 Å². The van der Waals surface area contributed by atoms with Crippen molar-refractivity contribution in [3.05, 3.63) is 66.0 Å². The predicted octanol–water partition coefficient (Wildman–Crippen LogP) is 3.34. The van der Waals surface area contributed by atoms with Crippen LogP contribution in [0.5, 0.6) is 0 Å². The number of aromatic nitrogens is 4. The van der Waals surface area contributed by atoms with Gasteiger partial charge >= 0.3 is 0 Å². The minimum absolute atomic E-state index is 0.0514. The Morgan fingerprint density at radius 1 is 1.12 bits per heavy atom. The molecule has 0 spiro atoms. The lowest BCUT2D eigenvalue weighted by atomic mass is 10.2. The van der Waals surface area contributed by atoms with Crippen molar-refractivity contribution in [2.24, 2.45) is 5.92 Å². The Bertz CT molecular complexity index is 863. The number of hydrogen-bond acceptors (Lipinski definition) is 5. The van der Waals surface area contributed by atoms with Gasteiger partial charge in [0, 0.05) is 11.4 Å². The smallest absolute Gasteiger partial charge is 0.252 e. The van der Waals surface area contributed by atoms with Gasteiger partial charge in [-0.15, -0.1) is 16.9 Å². The zero-order valence-corrected chi connectivity index (χ0v) is 15.6. The molecule has 26 heavy (non-hydrogen) atoms. The zero-order chi connectivity index (χ0) is 18.4. The maximum atomic E-state index is 12.4. The van der Waals surface area contributed by atoms with Crippen LogP contribution in [0.1, 0.15) is 30.0 Å². The SMILES string of the molecule is CC(C)CNC(=O)c1ccccc1SCc1nnnn1-c1ccccc1. The van der Waals surface area contributed by atoms with Crippen molar-refractivity contribution in [2.75, 3.05) is 6.54 Å². The van der Waals surface area contributed by atoms with E-state index >= 15 is 0 Å². The second-order valence-corrected chi connectivity index (χ2v) is 7.25. The average Bonchev–Trinajstić information content (AvgIpc) is 3.14. The van der Waals surface area contributed by atoms with Crippen LogP contribution < -0.4 is 5.32 Å². The molecular weight excluding hydrogens is 346 g/mol. The molecule has 0 fully saturated rings. The molecule has 3 rings (SSSR count). The third-order valence-corrected chi connectivity index (χ3v) is 4.76. The number of rotatable bonds is 7. The zero-order valence-electron chi connectivity index (χ0n) is 14.8. The van der Waals surface area contributed by atoms with Gasteiger partial charge in [-0.3, -0.25) is 4.79 Å². The molecule has 0 radical (unpaired) electrons. The molecule has 0 unspecified atom stereocenters. The van der Waals surface area contributed by atoms with Crippen molar-refractivity contribution in [3.8, 4) is 5.69 Å². The number of nitrogens with one attached hydrogen (secondary N) is 1. The van der Waals surface area contributed by atoms with Crippen molar-refractivity contribution < 1.29 is 4.79 Å². The molecule has 3 aromatic rings. The quantitative estimate of drug-likeness (QED) is 0.649. The summed E-state index contributed by atoms with van der Waals surface area (Å²) in [6.45, 7) is 4.80. The summed E-state index contributed by atoms with van der Waals surface area (Å²) in [6.07, 6.45) is 0. The van der Waals surface area contributed by atoms with E-state index in [9.17, 15) is 4.79 Å². The lowest BCUT2D eigenvalue weighted by Gasteiger charge is -2.11. The lowest BCUT2D eigenvalue weighted by Crippen LogP contribution is -2.27. The Morgan fingerprint density at radius 3 is 2.62 bits per heavy atom. The van der Waals surface area contributed by atoms with E-state index in [2.05, 4.69) is 34.7 Å². The molecule has 0 bridgehead atoms. The van der Waals surface area contributed by atoms with Crippen LogP contribution in [0.15, 0.2) is 59.5 Å². The Labute approximate surface area is 157 Å². The summed E-state index contributed by atoms with van der Waals surface area (Å²) in [5, 5.41) is 14.9. The number of carbonyl (C=O) groups excluding carboxylic acids is 1. The highest BCUT2D eigenvalue weighted by Gasteiger charge is 2.14. The van der Waals surface area contributed by atoms with Gasteiger partial charge in [0.05, 0.1) is 17.0 Å². The van der Waals surface area contributed by atoms with Crippen LogP contribution in [-0.4, -0.2) is 32.7 Å². The highest BCUT2D eigenvalue weighted by molar-refractivity contribution is 7.98. The third-order valence-electron chi connectivity index (χ3n) is 3.69. The Hall–Kier alpha value is -2.67. The summed E-state index contributed by atoms with van der Waals surface area (Å²) in [7, 11) is 0. The van der Waals surface area contributed by atoms with Gasteiger partial charge in [0.1, 0.15) is 0 Å². The number of carbonyl (C=O) groups is 1. The van der Waals surface area contributed by atoms with E-state index in [0.29, 0.717) is 23.8 Å². The van der Waals surface area contributed by atoms with E-state index in [1.165, 1.54) is 0 Å². The molecule has 0 aliphatic rings. The van der Waals surface area contributed by atoms with E-state index < -0.39 is 0 Å². The lowest BCUT2D eigenvalue weighted by molar-refractivity contribution is 0.0946. The van der Waals surface area contributed by atoms with Crippen LogP contribution in [0.3, 0.4) is 0 Å². The molecule has 7 heteroatoms. The Kier molecular flexibility index (Phi) is 6.01. The van der Waals surface area contributed by atoms with Gasteiger partial charge in [-0.2, -0.15) is 4.68 Å². The fraction of sp³-hybridized carbons (Fsp3) is 0.263. The van der Waals surface area contributed by atoms with E-state index in [0.717, 1.165) is 16.4 Å². The second kappa shape index (κ2) is 8.62. The van der Waals surface area contributed by atoms with Gasteiger partial charge in [-0.1, -0.05) is 44.2 Å². The number of tetrazole rings is 1. The molecule has 0 saturated carbocycles. The number of hydrogen-bond donors (Lipinski definition) is 1. The van der Waals surface area contributed by atoms with Gasteiger partial charge in [0.2, 0.25) is 0 Å². The van der Waals surface area contributed by atoms with Crippen molar-refractivity contribution >= 4 is 17.7 Å². The third kappa shape index (κ3) is 4.49. The maximum Gasteiger partial charge on any atom is 0.252 e. The second-order valence-electron chi connectivity index (χ2n) is 6.23. The van der Waals surface area contributed by atoms with E-state index in [-0.39, 0.29) is 5.91 Å². The van der Waals surface area contributed by atoms with Crippen LogP contribution >= 0.6 is 11.8 Å². The van der Waals surface area contributed by atoms with Crippen molar-refractivity contribution in [2.45, 2.75) is 24.5 Å². The maximum absolute atomic E-state index is 12.4. The van der Waals surface area contributed by atoms with Crippen LogP contribution in [0, 0.1) is 5.92 Å². The van der Waals surface area contributed by atoms with Crippen LogP contribution in [0.2, 0.25) is 0 Å². The first-order valence-corrected chi connectivity index (χ1v) is 9.46. The van der Waals surface area contributed by atoms with Gasteiger partial charge in [-0.25, -0.2) is 0 Å². The van der Waals surface area contributed by atoms with Gasteiger partial charge in [0.15, 0.2) is 5.82 Å². The van der Waals surface area contributed by atoms with Gasteiger partial charge < -0.3 is 5.32 Å². The summed E-state index contributed by atoms with van der Waals surface area (Å²) in [5.41, 5.74) is 1.59. The highest BCUT2D eigenvalue weighted by atomic mass is 32.2. The molecule has 0 aliphatic carbocycles. The normalized spacial score (nSPS) is 10.9. The van der Waals surface area contributed by atoms with Gasteiger partial charge in [-0.05, 0) is 40.6 Å². The summed E-state index contributed by atoms with van der Waals surface area (Å²) in [4.78, 5) is 13.4. The Morgan fingerprint density at radius 2 is 1.85 bits per heavy atom. The Balaban J connectivity index is 1.74. The fourth-order valence-electron chi connectivity index (χ4n) is 2.38. The standard InChI is InChI=1S/C19H21N5OS/c1-14(2)12-20-19(25)16-10-6-7-11-17(16)26-13-18-21-22-23-24(18)15-8-4-3-5-9-15/h3-11,14H,12-13H2,1-2H3,(H,20,25). The summed E-state index contributed by atoms with van der Waals surface area (Å²) < 4.78 is 1.72. The number of amides is 1. The summed E-state index contributed by atoms with van der Waals surface area (Å²) in [6, 6.07) is 17.4. The van der Waals surface area contributed by atoms with Crippen molar-refractivity contribution in [1.82, 2.24) is 25.5 Å². The molecule has 1 heterocycles. The fourth-order valence-corrected chi connectivity index (χ4v) is 3.34. The number of benzene rings is 2. The molecule has 1 aromatic heterocycles. The van der Waals surface area contributed by atoms with Crippen LogP contribution in [-0.2, 0) is 5.75 Å². The summed E-state index contributed by atoms with van der Waals surface area (Å²) in [5.74, 6) is 1.66. The minimum Gasteiger partial charge on any atom is -0.352 e. The first kappa shape index (κ1) is 18.1. The molecule has 6 nitrogen and oxygen atoms in total. The molecule has 0 aliphatic heterocycles. The van der Waals surface area contributed by atoms with Crippen LogP contribution in [0.25, 0.3) is 5.69 Å². The predicted molar refractivity (Wildman–Crippen MR) is 102 cm³/mol. The minimum atomic E-state index is -0.0514. The van der Waals surface area contributed by atoms with E-state index in [1.807, 2.05) is 54.6 Å². The monoisotopic (exact) mass is 367 g/mol. The highest BCUT2D eigenvalue weighted by Crippen LogP contribution is 2.26. The summed E-state index contributed by atoms with van der Waals surface area (Å²) >= 11 is 1.55. The average molecular weight is 367 g/mol. The van der Waals surface area contributed by atoms with E-state index in [1.54, 1.807) is 16.4 Å². The molecule has 2 aromatic carbocycles. The van der Waals surface area contributed by atoms with E-state index in [4.69, 9.17) is 0 Å². The van der Waals surface area contributed by atoms with Gasteiger partial charge in [0.25, 0.3) is 5.91 Å². The molecule has 134 valence electrons. The first-order valence-electron chi connectivity index (χ1n) is 8.48. The van der Waals surface area contributed by atoms with Crippen LogP contribution in [0.4, 0.5) is 0 Å². The number of thioether (sulfide) groups is 1. The molecule has 0 saturated heterocycles. The van der Waals surface area contributed by atoms with Crippen molar-refractivity contribution in [3.63, 3.8) is 0 Å². The molecule has 1 N–H and O–H groups in total. The molecular formula is C19H21N5OS. The first-order chi connectivity index (χ1) is 12.6. The van der Waals surface area contributed by atoms with Crippen molar-refractivity contribution in [1.29, 1.82) is 0 Å². The largest absolute Gasteiger partial charge is 0.352 e. The number of nitrogens with zero attached hydrogens (tertiary/aromatic N) is 4. The molecule has 1 amide bonds.